The zero-order chi connectivity index (χ0) is 18.2. The number of carbonyl (C=O) groups excluding carboxylic acids is 1. The molecule has 0 aromatic heterocycles. The lowest BCUT2D eigenvalue weighted by atomic mass is 9.71. The van der Waals surface area contributed by atoms with Crippen LogP contribution in [-0.2, 0) is 0 Å². The number of halogens is 2. The molecule has 2 aliphatic heterocycles. The molecule has 3 rings (SSSR count). The van der Waals surface area contributed by atoms with Crippen LogP contribution in [0.25, 0.3) is 0 Å². The molecule has 0 unspecified atom stereocenters. The molecule has 1 amide bonds. The highest BCUT2D eigenvalue weighted by atomic mass is 19.1. The molecule has 2 fully saturated rings. The van der Waals surface area contributed by atoms with Gasteiger partial charge in [-0.3, -0.25) is 4.79 Å². The van der Waals surface area contributed by atoms with Crippen molar-refractivity contribution in [3.63, 3.8) is 0 Å². The lowest BCUT2D eigenvalue weighted by Crippen LogP contribution is -2.59. The zero-order valence-corrected chi connectivity index (χ0v) is 14.6. The van der Waals surface area contributed by atoms with Crippen LogP contribution in [0, 0.1) is 17.0 Å². The summed E-state index contributed by atoms with van der Waals surface area (Å²) in [6.07, 6.45) is 1.76. The van der Waals surface area contributed by atoms with Gasteiger partial charge in [0.15, 0.2) is 17.4 Å². The number of carbonyl (C=O) groups is 1. The van der Waals surface area contributed by atoms with E-state index >= 15 is 0 Å². The molecule has 0 radical (unpaired) electrons. The molecular formula is C18H24F2N2O3. The van der Waals surface area contributed by atoms with Crippen LogP contribution in [0.1, 0.15) is 29.6 Å². The summed E-state index contributed by atoms with van der Waals surface area (Å²) in [5.74, 6) is -2.85. The Balaban J connectivity index is 1.86. The van der Waals surface area contributed by atoms with Gasteiger partial charge in [-0.25, -0.2) is 8.78 Å². The van der Waals surface area contributed by atoms with Gasteiger partial charge in [-0.15, -0.1) is 0 Å². The Hall–Kier alpha value is -1.73. The topological polar surface area (TPSA) is 53.0 Å². The fourth-order valence-corrected chi connectivity index (χ4v) is 4.16. The van der Waals surface area contributed by atoms with Crippen LogP contribution in [0.15, 0.2) is 12.1 Å². The van der Waals surface area contributed by atoms with Gasteiger partial charge >= 0.3 is 0 Å². The van der Waals surface area contributed by atoms with Gasteiger partial charge in [0.1, 0.15) is 0 Å². The first-order valence-corrected chi connectivity index (χ1v) is 8.56. The van der Waals surface area contributed by atoms with Gasteiger partial charge in [-0.05, 0) is 38.4 Å². The molecular weight excluding hydrogens is 330 g/mol. The number of piperidine rings is 2. The summed E-state index contributed by atoms with van der Waals surface area (Å²) >= 11 is 0. The van der Waals surface area contributed by atoms with Crippen molar-refractivity contribution in [3.05, 3.63) is 29.3 Å². The minimum absolute atomic E-state index is 0.200. The summed E-state index contributed by atoms with van der Waals surface area (Å²) in [7, 11) is 3.17. The molecule has 0 saturated carbocycles. The normalized spacial score (nSPS) is 27.6. The van der Waals surface area contributed by atoms with E-state index in [1.165, 1.54) is 7.11 Å². The van der Waals surface area contributed by atoms with Crippen LogP contribution in [0.2, 0.25) is 0 Å². The highest BCUT2D eigenvalue weighted by Crippen LogP contribution is 2.39. The molecule has 2 aliphatic rings. The van der Waals surface area contributed by atoms with E-state index in [9.17, 15) is 18.7 Å². The number of benzene rings is 1. The predicted molar refractivity (Wildman–Crippen MR) is 88.6 cm³/mol. The van der Waals surface area contributed by atoms with Gasteiger partial charge in [0.05, 0.1) is 18.8 Å². The molecule has 0 bridgehead atoms. The van der Waals surface area contributed by atoms with Crippen molar-refractivity contribution < 1.29 is 23.4 Å². The molecule has 138 valence electrons. The van der Waals surface area contributed by atoms with Gasteiger partial charge in [-0.2, -0.15) is 0 Å². The molecule has 1 N–H and O–H groups in total. The molecule has 1 aromatic carbocycles. The van der Waals surface area contributed by atoms with E-state index in [1.807, 2.05) is 7.05 Å². The van der Waals surface area contributed by atoms with Crippen molar-refractivity contribution in [1.82, 2.24) is 9.80 Å². The van der Waals surface area contributed by atoms with Crippen LogP contribution in [-0.4, -0.2) is 67.3 Å². The first-order chi connectivity index (χ1) is 11.9. The first kappa shape index (κ1) is 18.1. The quantitative estimate of drug-likeness (QED) is 0.881. The number of hydrogen-bond acceptors (Lipinski definition) is 4. The molecule has 7 heteroatoms. The van der Waals surface area contributed by atoms with E-state index in [1.54, 1.807) is 4.90 Å². The second-order valence-corrected chi connectivity index (χ2v) is 7.18. The maximum atomic E-state index is 14.4. The van der Waals surface area contributed by atoms with Crippen LogP contribution >= 0.6 is 0 Å². The molecule has 5 nitrogen and oxygen atoms in total. The Kier molecular flexibility index (Phi) is 4.97. The number of methoxy groups -OCH3 is 1. The second-order valence-electron chi connectivity index (χ2n) is 7.18. The summed E-state index contributed by atoms with van der Waals surface area (Å²) in [6, 6.07) is 2.19. The van der Waals surface area contributed by atoms with Crippen LogP contribution in [0.4, 0.5) is 8.78 Å². The number of nitrogens with zero attached hydrogens (tertiary/aromatic N) is 2. The lowest BCUT2D eigenvalue weighted by Gasteiger charge is -2.50. The van der Waals surface area contributed by atoms with Crippen LogP contribution in [0.3, 0.4) is 0 Å². The van der Waals surface area contributed by atoms with E-state index in [0.29, 0.717) is 26.1 Å². The summed E-state index contributed by atoms with van der Waals surface area (Å²) in [5, 5.41) is 10.5. The van der Waals surface area contributed by atoms with Crippen molar-refractivity contribution >= 4 is 5.91 Å². The molecule has 0 aliphatic carbocycles. The van der Waals surface area contributed by atoms with Crippen molar-refractivity contribution in [3.8, 4) is 5.75 Å². The monoisotopic (exact) mass is 354 g/mol. The average Bonchev–Trinajstić information content (AvgIpc) is 2.59. The minimum atomic E-state index is -0.978. The maximum absolute atomic E-state index is 14.4. The third-order valence-electron chi connectivity index (χ3n) is 5.46. The molecule has 2 atom stereocenters. The van der Waals surface area contributed by atoms with Crippen molar-refractivity contribution in [1.29, 1.82) is 0 Å². The van der Waals surface area contributed by atoms with Gasteiger partial charge < -0.3 is 19.6 Å². The third-order valence-corrected chi connectivity index (χ3v) is 5.46. The van der Waals surface area contributed by atoms with Gasteiger partial charge in [0, 0.05) is 31.6 Å². The first-order valence-electron chi connectivity index (χ1n) is 8.56. The highest BCUT2D eigenvalue weighted by Gasteiger charge is 2.46. The number of likely N-dealkylation sites (tertiary alicyclic amines) is 2. The van der Waals surface area contributed by atoms with Crippen LogP contribution < -0.4 is 4.74 Å². The fraction of sp³-hybridized carbons (Fsp3) is 0.611. The lowest BCUT2D eigenvalue weighted by molar-refractivity contribution is -0.0731. The number of rotatable bonds is 2. The van der Waals surface area contributed by atoms with Gasteiger partial charge in [0.25, 0.3) is 5.91 Å². The largest absolute Gasteiger partial charge is 0.491 e. The van der Waals surface area contributed by atoms with Gasteiger partial charge in [-0.1, -0.05) is 0 Å². The summed E-state index contributed by atoms with van der Waals surface area (Å²) in [6.45, 7) is 2.39. The van der Waals surface area contributed by atoms with E-state index in [0.717, 1.165) is 31.5 Å². The zero-order valence-electron chi connectivity index (χ0n) is 14.6. The van der Waals surface area contributed by atoms with E-state index < -0.39 is 29.4 Å². The standard InChI is InChI=1S/C18H24F2N2O3/c1-21-9-6-14(23)18(10-21)7-3-8-22(11-18)17(24)12-4-5-13(19)16(25-2)15(12)20/h4-5,14,23H,3,6-11H2,1-2H3/t14-,18-/m0/s1. The smallest absolute Gasteiger partial charge is 0.256 e. The Bertz CT molecular complexity index is 670. The molecule has 25 heavy (non-hydrogen) atoms. The Labute approximate surface area is 146 Å². The molecule has 1 aromatic rings. The number of ether oxygens (including phenoxy) is 1. The molecule has 1 spiro atoms. The molecule has 2 saturated heterocycles. The second kappa shape index (κ2) is 6.88. The summed E-state index contributed by atoms with van der Waals surface area (Å²) in [4.78, 5) is 16.6. The number of hydrogen-bond donors (Lipinski definition) is 1. The van der Waals surface area contributed by atoms with E-state index in [4.69, 9.17) is 4.74 Å². The number of amides is 1. The fourth-order valence-electron chi connectivity index (χ4n) is 4.16. The number of aliphatic hydroxyl groups is 1. The highest BCUT2D eigenvalue weighted by molar-refractivity contribution is 5.95. The van der Waals surface area contributed by atoms with E-state index in [-0.39, 0.29) is 11.0 Å². The Morgan fingerprint density at radius 2 is 2.08 bits per heavy atom. The SMILES string of the molecule is COc1c(F)ccc(C(=O)N2CCC[C@]3(CN(C)CC[C@@H]3O)C2)c1F. The Morgan fingerprint density at radius 1 is 1.32 bits per heavy atom. The van der Waals surface area contributed by atoms with Crippen molar-refractivity contribution in [2.45, 2.75) is 25.4 Å². The van der Waals surface area contributed by atoms with E-state index in [2.05, 4.69) is 4.90 Å². The number of aliphatic hydroxyl groups excluding tert-OH is 1. The molecule has 2 heterocycles. The summed E-state index contributed by atoms with van der Waals surface area (Å²) in [5.41, 5.74) is -0.587. The Morgan fingerprint density at radius 3 is 2.80 bits per heavy atom. The van der Waals surface area contributed by atoms with Crippen molar-refractivity contribution in [2.24, 2.45) is 5.41 Å². The third kappa shape index (κ3) is 3.22. The van der Waals surface area contributed by atoms with Crippen LogP contribution in [0.5, 0.6) is 5.75 Å². The summed E-state index contributed by atoms with van der Waals surface area (Å²) < 4.78 is 32.8. The van der Waals surface area contributed by atoms with Crippen molar-refractivity contribution in [2.75, 3.05) is 40.3 Å². The van der Waals surface area contributed by atoms with Gasteiger partial charge in [0.2, 0.25) is 0 Å². The maximum Gasteiger partial charge on any atom is 0.256 e. The average molecular weight is 354 g/mol. The predicted octanol–water partition coefficient (Wildman–Crippen LogP) is 1.89. The minimum Gasteiger partial charge on any atom is -0.491 e.